The molecule has 1 aromatic heterocycles. The maximum atomic E-state index is 6.25. The molecule has 0 saturated carbocycles. The molecule has 1 unspecified atom stereocenters. The lowest BCUT2D eigenvalue weighted by molar-refractivity contribution is 0.466. The third-order valence-corrected chi connectivity index (χ3v) is 4.63. The minimum atomic E-state index is 0.0824. The van der Waals surface area contributed by atoms with Crippen molar-refractivity contribution in [1.29, 1.82) is 0 Å². The molecule has 0 bridgehead atoms. The molecule has 1 atom stereocenters. The summed E-state index contributed by atoms with van der Waals surface area (Å²) in [5.74, 6) is 2.02. The molecule has 6 heteroatoms. The van der Waals surface area contributed by atoms with Crippen LogP contribution < -0.4 is 10.1 Å². The Morgan fingerprint density at radius 3 is 2.50 bits per heavy atom. The number of aromatic nitrogens is 2. The highest BCUT2D eigenvalue weighted by molar-refractivity contribution is 6.35. The summed E-state index contributed by atoms with van der Waals surface area (Å²) in [6, 6.07) is 13.1. The summed E-state index contributed by atoms with van der Waals surface area (Å²) in [4.78, 5) is 8.65. The summed E-state index contributed by atoms with van der Waals surface area (Å²) in [6.07, 6.45) is 1.76. The Morgan fingerprint density at radius 1 is 1.04 bits per heavy atom. The van der Waals surface area contributed by atoms with Gasteiger partial charge in [-0.15, -0.1) is 0 Å². The van der Waals surface area contributed by atoms with E-state index >= 15 is 0 Å². The van der Waals surface area contributed by atoms with Gasteiger partial charge in [0, 0.05) is 28.4 Å². The first kappa shape index (κ1) is 18.6. The summed E-state index contributed by atoms with van der Waals surface area (Å²) < 4.78 is 6.07. The van der Waals surface area contributed by atoms with Gasteiger partial charge in [0.15, 0.2) is 0 Å². The van der Waals surface area contributed by atoms with E-state index in [-0.39, 0.29) is 6.04 Å². The van der Waals surface area contributed by atoms with Gasteiger partial charge in [-0.3, -0.25) is 0 Å². The van der Waals surface area contributed by atoms with Gasteiger partial charge in [0.2, 0.25) is 0 Å². The molecule has 0 aliphatic heterocycles. The predicted molar refractivity (Wildman–Crippen MR) is 106 cm³/mol. The van der Waals surface area contributed by atoms with Gasteiger partial charge in [-0.25, -0.2) is 9.97 Å². The van der Waals surface area contributed by atoms with E-state index < -0.39 is 0 Å². The second kappa shape index (κ2) is 8.04. The number of nitrogens with zero attached hydrogens (tertiary/aromatic N) is 2. The van der Waals surface area contributed by atoms with Crippen LogP contribution in [0.4, 0.5) is 0 Å². The summed E-state index contributed by atoms with van der Waals surface area (Å²) in [6.45, 7) is 3.95. The van der Waals surface area contributed by atoms with E-state index in [1.165, 1.54) is 0 Å². The first-order valence-corrected chi connectivity index (χ1v) is 8.97. The topological polar surface area (TPSA) is 47.0 Å². The van der Waals surface area contributed by atoms with Crippen molar-refractivity contribution in [3.8, 4) is 22.8 Å². The molecule has 2 aromatic carbocycles. The molecule has 1 N–H and O–H groups in total. The SMILES string of the molecule is CNC(C)c1cc(-c2ccnc(C)n2)ccc1Oc1ccc(Cl)cc1Cl. The summed E-state index contributed by atoms with van der Waals surface area (Å²) >= 11 is 12.2. The second-order valence-electron chi connectivity index (χ2n) is 5.93. The van der Waals surface area contributed by atoms with Crippen LogP contribution in [0.5, 0.6) is 11.5 Å². The molecule has 3 aromatic rings. The van der Waals surface area contributed by atoms with Gasteiger partial charge in [0.05, 0.1) is 10.7 Å². The van der Waals surface area contributed by atoms with E-state index in [0.717, 1.165) is 28.4 Å². The van der Waals surface area contributed by atoms with E-state index in [1.807, 2.05) is 32.2 Å². The molecular weight excluding hydrogens is 369 g/mol. The molecule has 26 heavy (non-hydrogen) atoms. The normalized spacial score (nSPS) is 12.0. The zero-order chi connectivity index (χ0) is 18.7. The Labute approximate surface area is 163 Å². The average molecular weight is 388 g/mol. The third-order valence-electron chi connectivity index (χ3n) is 4.09. The number of nitrogens with one attached hydrogen (secondary N) is 1. The minimum absolute atomic E-state index is 0.0824. The van der Waals surface area contributed by atoms with Gasteiger partial charge < -0.3 is 10.1 Å². The highest BCUT2D eigenvalue weighted by atomic mass is 35.5. The molecule has 0 aliphatic carbocycles. The fourth-order valence-electron chi connectivity index (χ4n) is 2.59. The van der Waals surface area contributed by atoms with E-state index in [2.05, 4.69) is 28.3 Å². The van der Waals surface area contributed by atoms with E-state index in [0.29, 0.717) is 15.8 Å². The lowest BCUT2D eigenvalue weighted by Gasteiger charge is -2.18. The first-order chi connectivity index (χ1) is 12.5. The fraction of sp³-hybridized carbons (Fsp3) is 0.200. The van der Waals surface area contributed by atoms with Crippen molar-refractivity contribution in [2.24, 2.45) is 0 Å². The maximum absolute atomic E-state index is 6.25. The monoisotopic (exact) mass is 387 g/mol. The predicted octanol–water partition coefficient (Wildman–Crippen LogP) is 5.83. The first-order valence-electron chi connectivity index (χ1n) is 8.22. The molecule has 0 spiro atoms. The Kier molecular flexibility index (Phi) is 5.77. The Morgan fingerprint density at radius 2 is 1.81 bits per heavy atom. The third kappa shape index (κ3) is 4.15. The van der Waals surface area contributed by atoms with Gasteiger partial charge in [-0.05, 0) is 63.4 Å². The van der Waals surface area contributed by atoms with Crippen molar-refractivity contribution < 1.29 is 4.74 Å². The van der Waals surface area contributed by atoms with E-state index in [4.69, 9.17) is 27.9 Å². The maximum Gasteiger partial charge on any atom is 0.146 e. The van der Waals surface area contributed by atoms with Gasteiger partial charge in [-0.2, -0.15) is 0 Å². The number of rotatable bonds is 5. The number of benzene rings is 2. The highest BCUT2D eigenvalue weighted by Gasteiger charge is 2.15. The average Bonchev–Trinajstić information content (AvgIpc) is 2.63. The zero-order valence-corrected chi connectivity index (χ0v) is 16.3. The minimum Gasteiger partial charge on any atom is -0.455 e. The Hall–Kier alpha value is -2.14. The summed E-state index contributed by atoms with van der Waals surface area (Å²) in [5, 5.41) is 4.29. The van der Waals surface area contributed by atoms with Gasteiger partial charge in [0.1, 0.15) is 17.3 Å². The lowest BCUT2D eigenvalue weighted by Crippen LogP contribution is -2.13. The van der Waals surface area contributed by atoms with Crippen molar-refractivity contribution in [3.05, 3.63) is 70.1 Å². The second-order valence-corrected chi connectivity index (χ2v) is 6.77. The molecule has 0 amide bonds. The lowest BCUT2D eigenvalue weighted by atomic mass is 10.0. The number of aryl methyl sites for hydroxylation is 1. The zero-order valence-electron chi connectivity index (χ0n) is 14.8. The fourth-order valence-corrected chi connectivity index (χ4v) is 3.04. The van der Waals surface area contributed by atoms with Crippen LogP contribution in [0.25, 0.3) is 11.3 Å². The Balaban J connectivity index is 2.02. The summed E-state index contributed by atoms with van der Waals surface area (Å²) in [7, 11) is 1.91. The van der Waals surface area contributed by atoms with Crippen molar-refractivity contribution in [2.75, 3.05) is 7.05 Å². The molecule has 0 aliphatic rings. The molecule has 0 fully saturated rings. The van der Waals surface area contributed by atoms with Crippen molar-refractivity contribution >= 4 is 23.2 Å². The molecule has 134 valence electrons. The molecule has 0 saturated heterocycles. The number of hydrogen-bond donors (Lipinski definition) is 1. The quantitative estimate of drug-likeness (QED) is 0.597. The van der Waals surface area contributed by atoms with E-state index in [9.17, 15) is 0 Å². The molecule has 3 rings (SSSR count). The van der Waals surface area contributed by atoms with Crippen molar-refractivity contribution in [1.82, 2.24) is 15.3 Å². The molecule has 4 nitrogen and oxygen atoms in total. The van der Waals surface area contributed by atoms with Crippen LogP contribution >= 0.6 is 23.2 Å². The van der Waals surface area contributed by atoms with Crippen LogP contribution in [0.3, 0.4) is 0 Å². The van der Waals surface area contributed by atoms with Crippen LogP contribution in [0.2, 0.25) is 10.0 Å². The van der Waals surface area contributed by atoms with Crippen LogP contribution in [0.1, 0.15) is 24.4 Å². The number of ether oxygens (including phenoxy) is 1. The molecular formula is C20H19Cl2N3O. The van der Waals surface area contributed by atoms with E-state index in [1.54, 1.807) is 24.4 Å². The molecule has 0 radical (unpaired) electrons. The van der Waals surface area contributed by atoms with Crippen molar-refractivity contribution in [3.63, 3.8) is 0 Å². The van der Waals surface area contributed by atoms with Crippen LogP contribution in [0, 0.1) is 6.92 Å². The largest absolute Gasteiger partial charge is 0.455 e. The molecule has 1 heterocycles. The van der Waals surface area contributed by atoms with Crippen LogP contribution in [-0.2, 0) is 0 Å². The van der Waals surface area contributed by atoms with Crippen LogP contribution in [-0.4, -0.2) is 17.0 Å². The summed E-state index contributed by atoms with van der Waals surface area (Å²) in [5.41, 5.74) is 2.88. The van der Waals surface area contributed by atoms with Gasteiger partial charge in [0.25, 0.3) is 0 Å². The number of hydrogen-bond acceptors (Lipinski definition) is 4. The standard InChI is InChI=1S/C20H19Cl2N3O/c1-12(23-3)16-10-14(18-8-9-24-13(2)25-18)4-6-19(16)26-20-7-5-15(21)11-17(20)22/h4-12,23H,1-3H3. The highest BCUT2D eigenvalue weighted by Crippen LogP contribution is 2.36. The van der Waals surface area contributed by atoms with Gasteiger partial charge in [-0.1, -0.05) is 23.2 Å². The van der Waals surface area contributed by atoms with Gasteiger partial charge >= 0.3 is 0 Å². The smallest absolute Gasteiger partial charge is 0.146 e. The van der Waals surface area contributed by atoms with Crippen LogP contribution in [0.15, 0.2) is 48.7 Å². The van der Waals surface area contributed by atoms with Crippen molar-refractivity contribution in [2.45, 2.75) is 19.9 Å². The Bertz CT molecular complexity index is 931. The number of halogens is 2.